The van der Waals surface area contributed by atoms with Crippen molar-refractivity contribution in [3.8, 4) is 5.75 Å². The molecule has 0 amide bonds. The van der Waals surface area contributed by atoms with E-state index in [2.05, 4.69) is 5.32 Å². The van der Waals surface area contributed by atoms with E-state index < -0.39 is 6.10 Å². The maximum absolute atomic E-state index is 9.84. The van der Waals surface area contributed by atoms with Crippen molar-refractivity contribution in [1.82, 2.24) is 5.32 Å². The van der Waals surface area contributed by atoms with E-state index in [9.17, 15) is 10.2 Å². The van der Waals surface area contributed by atoms with E-state index in [0.29, 0.717) is 12.5 Å². The Morgan fingerprint density at radius 1 is 1.32 bits per heavy atom. The molecule has 0 aliphatic carbocycles. The van der Waals surface area contributed by atoms with Crippen LogP contribution in [0.5, 0.6) is 5.75 Å². The maximum Gasteiger partial charge on any atom is 0.119 e. The highest BCUT2D eigenvalue weighted by molar-refractivity contribution is 5.27. The van der Waals surface area contributed by atoms with Crippen LogP contribution in [0.3, 0.4) is 0 Å². The minimum atomic E-state index is -0.590. The third kappa shape index (κ3) is 6.05. The zero-order valence-corrected chi connectivity index (χ0v) is 12.0. The number of hydrogen-bond donors (Lipinski definition) is 3. The summed E-state index contributed by atoms with van der Waals surface area (Å²) in [6.07, 6.45) is -0.590. The predicted molar refractivity (Wildman–Crippen MR) is 76.4 cm³/mol. The molecule has 108 valence electrons. The number of ether oxygens (including phenoxy) is 1. The van der Waals surface area contributed by atoms with Crippen LogP contribution in [0.25, 0.3) is 0 Å². The Kier molecular flexibility index (Phi) is 6.84. The SMILES string of the molecule is Cc1cccc(OCC(O)CNC(CO)C(C)C)c1. The molecule has 0 aliphatic rings. The molecule has 4 nitrogen and oxygen atoms in total. The number of aliphatic hydroxyl groups is 2. The predicted octanol–water partition coefficient (Wildman–Crippen LogP) is 1.34. The van der Waals surface area contributed by atoms with Crippen LogP contribution in [0.4, 0.5) is 0 Å². The van der Waals surface area contributed by atoms with Gasteiger partial charge in [0.2, 0.25) is 0 Å². The van der Waals surface area contributed by atoms with Crippen molar-refractivity contribution in [2.24, 2.45) is 5.92 Å². The third-order valence-electron chi connectivity index (χ3n) is 3.05. The molecule has 0 bridgehead atoms. The van der Waals surface area contributed by atoms with Gasteiger partial charge in [-0.1, -0.05) is 26.0 Å². The van der Waals surface area contributed by atoms with Gasteiger partial charge in [0.05, 0.1) is 6.61 Å². The molecule has 19 heavy (non-hydrogen) atoms. The Bertz CT molecular complexity index is 368. The Labute approximate surface area is 115 Å². The highest BCUT2D eigenvalue weighted by atomic mass is 16.5. The fraction of sp³-hybridized carbons (Fsp3) is 0.600. The first-order chi connectivity index (χ1) is 9.02. The lowest BCUT2D eigenvalue weighted by Gasteiger charge is -2.22. The minimum Gasteiger partial charge on any atom is -0.491 e. The first-order valence-electron chi connectivity index (χ1n) is 6.74. The van der Waals surface area contributed by atoms with Gasteiger partial charge in [-0.15, -0.1) is 0 Å². The molecule has 1 aromatic rings. The van der Waals surface area contributed by atoms with Crippen molar-refractivity contribution < 1.29 is 14.9 Å². The van der Waals surface area contributed by atoms with Gasteiger partial charge in [0, 0.05) is 12.6 Å². The molecular weight excluding hydrogens is 242 g/mol. The Morgan fingerprint density at radius 2 is 2.05 bits per heavy atom. The number of aryl methyl sites for hydroxylation is 1. The average molecular weight is 267 g/mol. The quantitative estimate of drug-likeness (QED) is 0.665. The van der Waals surface area contributed by atoms with Gasteiger partial charge in [0.25, 0.3) is 0 Å². The molecule has 0 aliphatic heterocycles. The summed E-state index contributed by atoms with van der Waals surface area (Å²) < 4.78 is 5.52. The second kappa shape index (κ2) is 8.15. The van der Waals surface area contributed by atoms with E-state index in [4.69, 9.17) is 4.74 Å². The molecule has 0 spiro atoms. The van der Waals surface area contributed by atoms with Gasteiger partial charge in [-0.25, -0.2) is 0 Å². The molecule has 2 atom stereocenters. The molecule has 0 radical (unpaired) electrons. The molecule has 0 heterocycles. The zero-order valence-electron chi connectivity index (χ0n) is 12.0. The minimum absolute atomic E-state index is 0.00798. The van der Waals surface area contributed by atoms with E-state index in [1.807, 2.05) is 45.0 Å². The normalized spacial score (nSPS) is 14.4. The molecule has 2 unspecified atom stereocenters. The van der Waals surface area contributed by atoms with Crippen molar-refractivity contribution in [1.29, 1.82) is 0 Å². The van der Waals surface area contributed by atoms with Crippen LogP contribution in [0, 0.1) is 12.8 Å². The standard InChI is InChI=1S/C15H25NO3/c1-11(2)15(9-17)16-8-13(18)10-19-14-6-4-5-12(3)7-14/h4-7,11,13,15-18H,8-10H2,1-3H3. The van der Waals surface area contributed by atoms with Crippen LogP contribution >= 0.6 is 0 Å². The van der Waals surface area contributed by atoms with Gasteiger partial charge in [-0.05, 0) is 30.5 Å². The summed E-state index contributed by atoms with van der Waals surface area (Å²) in [5.41, 5.74) is 1.13. The summed E-state index contributed by atoms with van der Waals surface area (Å²) in [7, 11) is 0. The number of nitrogens with one attached hydrogen (secondary N) is 1. The lowest BCUT2D eigenvalue weighted by Crippen LogP contribution is -2.42. The molecular formula is C15H25NO3. The Morgan fingerprint density at radius 3 is 2.63 bits per heavy atom. The average Bonchev–Trinajstić information content (AvgIpc) is 2.37. The number of benzene rings is 1. The first kappa shape index (κ1) is 16.0. The molecule has 1 aromatic carbocycles. The van der Waals surface area contributed by atoms with Gasteiger partial charge in [0.15, 0.2) is 0 Å². The van der Waals surface area contributed by atoms with Crippen molar-refractivity contribution in [2.75, 3.05) is 19.8 Å². The number of rotatable bonds is 8. The van der Waals surface area contributed by atoms with E-state index in [-0.39, 0.29) is 19.3 Å². The van der Waals surface area contributed by atoms with E-state index in [1.54, 1.807) is 0 Å². The van der Waals surface area contributed by atoms with Crippen molar-refractivity contribution in [3.05, 3.63) is 29.8 Å². The fourth-order valence-electron chi connectivity index (χ4n) is 1.75. The number of hydrogen-bond acceptors (Lipinski definition) is 4. The molecule has 4 heteroatoms. The molecule has 0 saturated carbocycles. The summed E-state index contributed by atoms with van der Waals surface area (Å²) in [5.74, 6) is 1.09. The van der Waals surface area contributed by atoms with Crippen molar-refractivity contribution in [2.45, 2.75) is 32.9 Å². The summed E-state index contributed by atoms with van der Waals surface area (Å²) in [4.78, 5) is 0. The van der Waals surface area contributed by atoms with Crippen molar-refractivity contribution >= 4 is 0 Å². The van der Waals surface area contributed by atoms with Gasteiger partial charge < -0.3 is 20.3 Å². The van der Waals surface area contributed by atoms with E-state index in [0.717, 1.165) is 11.3 Å². The fourth-order valence-corrected chi connectivity index (χ4v) is 1.75. The molecule has 3 N–H and O–H groups in total. The van der Waals surface area contributed by atoms with Gasteiger partial charge >= 0.3 is 0 Å². The van der Waals surface area contributed by atoms with Crippen LogP contribution < -0.4 is 10.1 Å². The summed E-state index contributed by atoms with van der Waals surface area (Å²) >= 11 is 0. The van der Waals surface area contributed by atoms with Crippen molar-refractivity contribution in [3.63, 3.8) is 0 Å². The van der Waals surface area contributed by atoms with Crippen LogP contribution in [-0.2, 0) is 0 Å². The van der Waals surface area contributed by atoms with Gasteiger partial charge in [-0.2, -0.15) is 0 Å². The van der Waals surface area contributed by atoms with E-state index >= 15 is 0 Å². The third-order valence-corrected chi connectivity index (χ3v) is 3.05. The topological polar surface area (TPSA) is 61.7 Å². The summed E-state index contributed by atoms with van der Waals surface area (Å²) in [6, 6.07) is 7.74. The largest absolute Gasteiger partial charge is 0.491 e. The number of aliphatic hydroxyl groups excluding tert-OH is 2. The van der Waals surface area contributed by atoms with Crippen LogP contribution in [-0.4, -0.2) is 42.1 Å². The highest BCUT2D eigenvalue weighted by Gasteiger charge is 2.13. The second-order valence-corrected chi connectivity index (χ2v) is 5.22. The van der Waals surface area contributed by atoms with Crippen LogP contribution in [0.15, 0.2) is 24.3 Å². The second-order valence-electron chi connectivity index (χ2n) is 5.22. The van der Waals surface area contributed by atoms with Crippen LogP contribution in [0.1, 0.15) is 19.4 Å². The molecule has 1 rings (SSSR count). The summed E-state index contributed by atoms with van der Waals surface area (Å²) in [5, 5.41) is 22.1. The molecule has 0 saturated heterocycles. The molecule has 0 fully saturated rings. The smallest absolute Gasteiger partial charge is 0.119 e. The zero-order chi connectivity index (χ0) is 14.3. The Balaban J connectivity index is 2.29. The van der Waals surface area contributed by atoms with Gasteiger partial charge in [0.1, 0.15) is 18.5 Å². The molecule has 0 aromatic heterocycles. The lowest BCUT2D eigenvalue weighted by molar-refractivity contribution is 0.0961. The highest BCUT2D eigenvalue weighted by Crippen LogP contribution is 2.12. The van der Waals surface area contributed by atoms with Crippen LogP contribution in [0.2, 0.25) is 0 Å². The lowest BCUT2D eigenvalue weighted by atomic mass is 10.1. The van der Waals surface area contributed by atoms with Gasteiger partial charge in [-0.3, -0.25) is 0 Å². The Hall–Kier alpha value is -1.10. The first-order valence-corrected chi connectivity index (χ1v) is 6.74. The summed E-state index contributed by atoms with van der Waals surface area (Å²) in [6.45, 7) is 6.79. The maximum atomic E-state index is 9.84. The van der Waals surface area contributed by atoms with E-state index in [1.165, 1.54) is 0 Å². The monoisotopic (exact) mass is 267 g/mol.